The molecule has 19 heavy (non-hydrogen) atoms. The van der Waals surface area contributed by atoms with Gasteiger partial charge in [-0.3, -0.25) is 0 Å². The van der Waals surface area contributed by atoms with E-state index in [4.69, 9.17) is 4.74 Å². The lowest BCUT2D eigenvalue weighted by Gasteiger charge is -2.47. The Balaban J connectivity index is 2.33. The minimum Gasteiger partial charge on any atom is -0.495 e. The van der Waals surface area contributed by atoms with Gasteiger partial charge >= 0.3 is 0 Å². The Morgan fingerprint density at radius 2 is 2.11 bits per heavy atom. The molecule has 1 saturated heterocycles. The van der Waals surface area contributed by atoms with Crippen molar-refractivity contribution >= 4 is 5.69 Å². The van der Waals surface area contributed by atoms with E-state index in [1.807, 2.05) is 0 Å². The predicted octanol–water partition coefficient (Wildman–Crippen LogP) is 2.97. The molecule has 1 N–H and O–H groups in total. The molecule has 1 unspecified atom stereocenters. The van der Waals surface area contributed by atoms with Gasteiger partial charge in [0.15, 0.2) is 0 Å². The number of hydrogen-bond donors (Lipinski definition) is 1. The normalized spacial score (nSPS) is 22.4. The first-order valence-electron chi connectivity index (χ1n) is 7.07. The zero-order valence-electron chi connectivity index (χ0n) is 12.8. The number of rotatable bonds is 3. The van der Waals surface area contributed by atoms with Crippen molar-refractivity contribution in [2.75, 3.05) is 25.6 Å². The molecule has 2 rings (SSSR count). The van der Waals surface area contributed by atoms with Crippen LogP contribution in [0.25, 0.3) is 0 Å². The van der Waals surface area contributed by atoms with Crippen molar-refractivity contribution in [2.45, 2.75) is 45.2 Å². The second kappa shape index (κ2) is 5.41. The molecule has 0 bridgehead atoms. The SMILES string of the molecule is CNC1CCN(c2cc(C)ccc2OC)C(C)(C)C1. The average Bonchev–Trinajstić information content (AvgIpc) is 2.37. The van der Waals surface area contributed by atoms with E-state index in [1.54, 1.807) is 7.11 Å². The lowest BCUT2D eigenvalue weighted by Crippen LogP contribution is -2.54. The lowest BCUT2D eigenvalue weighted by atomic mass is 9.86. The fourth-order valence-electron chi connectivity index (χ4n) is 3.11. The van der Waals surface area contributed by atoms with Crippen LogP contribution in [0, 0.1) is 6.92 Å². The molecule has 0 saturated carbocycles. The first-order valence-corrected chi connectivity index (χ1v) is 7.07. The molecule has 0 amide bonds. The van der Waals surface area contributed by atoms with Gasteiger partial charge in [-0.25, -0.2) is 0 Å². The second-order valence-electron chi connectivity index (χ2n) is 6.12. The second-order valence-corrected chi connectivity index (χ2v) is 6.12. The van der Waals surface area contributed by atoms with Crippen LogP contribution in [0.4, 0.5) is 5.69 Å². The summed E-state index contributed by atoms with van der Waals surface area (Å²) >= 11 is 0. The maximum Gasteiger partial charge on any atom is 0.142 e. The van der Waals surface area contributed by atoms with Crippen molar-refractivity contribution < 1.29 is 4.74 Å². The summed E-state index contributed by atoms with van der Waals surface area (Å²) in [6.45, 7) is 7.84. The minimum atomic E-state index is 0.146. The van der Waals surface area contributed by atoms with Gasteiger partial charge in [-0.05, 0) is 58.4 Å². The zero-order valence-corrected chi connectivity index (χ0v) is 12.8. The van der Waals surface area contributed by atoms with Crippen molar-refractivity contribution in [3.8, 4) is 5.75 Å². The van der Waals surface area contributed by atoms with Gasteiger partial charge in [0.2, 0.25) is 0 Å². The molecule has 1 aliphatic rings. The molecule has 3 nitrogen and oxygen atoms in total. The standard InChI is InChI=1S/C16H26N2O/c1-12-6-7-15(19-5)14(10-12)18-9-8-13(17-4)11-16(18,2)3/h6-7,10,13,17H,8-9,11H2,1-5H3. The third-order valence-electron chi connectivity index (χ3n) is 4.21. The van der Waals surface area contributed by atoms with Crippen LogP contribution in [0.5, 0.6) is 5.75 Å². The highest BCUT2D eigenvalue weighted by Gasteiger charge is 2.35. The highest BCUT2D eigenvalue weighted by Crippen LogP contribution is 2.38. The number of anilines is 1. The van der Waals surface area contributed by atoms with Crippen LogP contribution < -0.4 is 15.0 Å². The van der Waals surface area contributed by atoms with Crippen LogP contribution in [-0.2, 0) is 0 Å². The number of piperidine rings is 1. The maximum absolute atomic E-state index is 5.54. The van der Waals surface area contributed by atoms with Gasteiger partial charge in [0.25, 0.3) is 0 Å². The first-order chi connectivity index (χ1) is 8.97. The fourth-order valence-corrected chi connectivity index (χ4v) is 3.11. The molecule has 3 heteroatoms. The van der Waals surface area contributed by atoms with Crippen molar-refractivity contribution in [1.29, 1.82) is 0 Å². The molecular formula is C16H26N2O. The first kappa shape index (κ1) is 14.2. The van der Waals surface area contributed by atoms with Gasteiger partial charge in [0, 0.05) is 18.1 Å². The van der Waals surface area contributed by atoms with Crippen LogP contribution in [0.2, 0.25) is 0 Å². The zero-order chi connectivity index (χ0) is 14.0. The van der Waals surface area contributed by atoms with Crippen molar-refractivity contribution in [3.05, 3.63) is 23.8 Å². The van der Waals surface area contributed by atoms with Gasteiger partial charge < -0.3 is 15.0 Å². The molecule has 0 radical (unpaired) electrons. The van der Waals surface area contributed by atoms with E-state index in [0.717, 1.165) is 18.7 Å². The smallest absolute Gasteiger partial charge is 0.142 e. The molecule has 0 aromatic heterocycles. The number of ether oxygens (including phenoxy) is 1. The van der Waals surface area contributed by atoms with E-state index in [1.165, 1.54) is 17.7 Å². The van der Waals surface area contributed by atoms with E-state index < -0.39 is 0 Å². The topological polar surface area (TPSA) is 24.5 Å². The van der Waals surface area contributed by atoms with E-state index in [2.05, 4.69) is 56.2 Å². The summed E-state index contributed by atoms with van der Waals surface area (Å²) in [5, 5.41) is 3.41. The number of methoxy groups -OCH3 is 1. The van der Waals surface area contributed by atoms with Crippen LogP contribution in [0.15, 0.2) is 18.2 Å². The van der Waals surface area contributed by atoms with Gasteiger partial charge in [0.1, 0.15) is 5.75 Å². The van der Waals surface area contributed by atoms with Gasteiger partial charge in [-0.2, -0.15) is 0 Å². The Kier molecular flexibility index (Phi) is 4.04. The molecule has 106 valence electrons. The number of aryl methyl sites for hydroxylation is 1. The Morgan fingerprint density at radius 1 is 1.37 bits per heavy atom. The van der Waals surface area contributed by atoms with Gasteiger partial charge in [-0.15, -0.1) is 0 Å². The van der Waals surface area contributed by atoms with Crippen LogP contribution in [0.3, 0.4) is 0 Å². The van der Waals surface area contributed by atoms with Crippen LogP contribution in [-0.4, -0.2) is 32.3 Å². The molecule has 1 aromatic rings. The molecule has 1 heterocycles. The van der Waals surface area contributed by atoms with E-state index in [9.17, 15) is 0 Å². The summed E-state index contributed by atoms with van der Waals surface area (Å²) in [7, 11) is 3.81. The van der Waals surface area contributed by atoms with E-state index in [-0.39, 0.29) is 5.54 Å². The lowest BCUT2D eigenvalue weighted by molar-refractivity contribution is 0.298. The van der Waals surface area contributed by atoms with E-state index >= 15 is 0 Å². The molecule has 1 aliphatic heterocycles. The number of nitrogens with one attached hydrogen (secondary N) is 1. The monoisotopic (exact) mass is 262 g/mol. The molecule has 0 spiro atoms. The summed E-state index contributed by atoms with van der Waals surface area (Å²) in [6, 6.07) is 7.03. The average molecular weight is 262 g/mol. The summed E-state index contributed by atoms with van der Waals surface area (Å²) < 4.78 is 5.54. The van der Waals surface area contributed by atoms with Crippen LogP contribution >= 0.6 is 0 Å². The Hall–Kier alpha value is -1.22. The third-order valence-corrected chi connectivity index (χ3v) is 4.21. The predicted molar refractivity (Wildman–Crippen MR) is 81.2 cm³/mol. The summed E-state index contributed by atoms with van der Waals surface area (Å²) in [4.78, 5) is 2.49. The quantitative estimate of drug-likeness (QED) is 0.906. The van der Waals surface area contributed by atoms with E-state index in [0.29, 0.717) is 6.04 Å². The van der Waals surface area contributed by atoms with Gasteiger partial charge in [0.05, 0.1) is 12.8 Å². The van der Waals surface area contributed by atoms with Crippen LogP contribution in [0.1, 0.15) is 32.3 Å². The van der Waals surface area contributed by atoms with Crippen molar-refractivity contribution in [3.63, 3.8) is 0 Å². The largest absolute Gasteiger partial charge is 0.495 e. The highest BCUT2D eigenvalue weighted by atomic mass is 16.5. The number of hydrogen-bond acceptors (Lipinski definition) is 3. The summed E-state index contributed by atoms with van der Waals surface area (Å²) in [5.74, 6) is 0.974. The molecular weight excluding hydrogens is 236 g/mol. The van der Waals surface area contributed by atoms with Gasteiger partial charge in [-0.1, -0.05) is 6.07 Å². The molecule has 1 fully saturated rings. The Morgan fingerprint density at radius 3 is 2.68 bits per heavy atom. The number of benzene rings is 1. The van der Waals surface area contributed by atoms with Crippen molar-refractivity contribution in [2.24, 2.45) is 0 Å². The molecule has 0 aliphatic carbocycles. The Bertz CT molecular complexity index is 442. The highest BCUT2D eigenvalue weighted by molar-refractivity contribution is 5.62. The Labute approximate surface area is 116 Å². The number of nitrogens with zero attached hydrogens (tertiary/aromatic N) is 1. The molecule has 1 atom stereocenters. The summed E-state index contributed by atoms with van der Waals surface area (Å²) in [5.41, 5.74) is 2.65. The molecule has 1 aromatic carbocycles. The fraction of sp³-hybridized carbons (Fsp3) is 0.625. The minimum absolute atomic E-state index is 0.146. The summed E-state index contributed by atoms with van der Waals surface area (Å²) in [6.07, 6.45) is 2.33. The third kappa shape index (κ3) is 2.86. The van der Waals surface area contributed by atoms with Crippen molar-refractivity contribution in [1.82, 2.24) is 5.32 Å². The maximum atomic E-state index is 5.54.